The average molecular weight is 279 g/mol. The maximum Gasteiger partial charge on any atom is 0.321 e. The summed E-state index contributed by atoms with van der Waals surface area (Å²) >= 11 is 1.49. The molecule has 0 aliphatic carbocycles. The molecule has 0 atom stereocenters. The number of nitrogens with zero attached hydrogens (tertiary/aromatic N) is 3. The van der Waals surface area contributed by atoms with Gasteiger partial charge in [-0.3, -0.25) is 10.2 Å². The van der Waals surface area contributed by atoms with Crippen molar-refractivity contribution in [1.82, 2.24) is 15.2 Å². The molecule has 19 heavy (non-hydrogen) atoms. The van der Waals surface area contributed by atoms with Gasteiger partial charge in [-0.25, -0.2) is 9.78 Å². The van der Waals surface area contributed by atoms with Crippen LogP contribution in [0.4, 0.5) is 9.93 Å². The molecule has 0 bridgehead atoms. The Bertz CT molecular complexity index is 505. The van der Waals surface area contributed by atoms with Crippen molar-refractivity contribution in [3.63, 3.8) is 0 Å². The van der Waals surface area contributed by atoms with Crippen LogP contribution < -0.4 is 10.6 Å². The van der Waals surface area contributed by atoms with Crippen molar-refractivity contribution in [2.45, 2.75) is 32.9 Å². The van der Waals surface area contributed by atoms with Gasteiger partial charge in [0, 0.05) is 30.4 Å². The molecule has 1 aliphatic rings. The first-order chi connectivity index (χ1) is 9.08. The Morgan fingerprint density at radius 2 is 2.42 bits per heavy atom. The van der Waals surface area contributed by atoms with Gasteiger partial charge >= 0.3 is 6.03 Å². The SMILES string of the molecule is CC(C)NC(=O)Nc1nc2c(s1)CN(CC#N)CC2. The van der Waals surface area contributed by atoms with E-state index < -0.39 is 0 Å². The molecular formula is C12H17N5OS. The number of hydrogen-bond acceptors (Lipinski definition) is 5. The van der Waals surface area contributed by atoms with Gasteiger partial charge in [-0.1, -0.05) is 0 Å². The lowest BCUT2D eigenvalue weighted by molar-refractivity contribution is 0.250. The Kier molecular flexibility index (Phi) is 4.35. The molecule has 2 heterocycles. The van der Waals surface area contributed by atoms with E-state index in [-0.39, 0.29) is 12.1 Å². The summed E-state index contributed by atoms with van der Waals surface area (Å²) in [4.78, 5) is 19.2. The Morgan fingerprint density at radius 3 is 3.11 bits per heavy atom. The van der Waals surface area contributed by atoms with Gasteiger partial charge in [-0.15, -0.1) is 11.3 Å². The number of carbonyl (C=O) groups excluding carboxylic acids is 1. The highest BCUT2D eigenvalue weighted by atomic mass is 32.1. The summed E-state index contributed by atoms with van der Waals surface area (Å²) in [6.45, 7) is 5.85. The van der Waals surface area contributed by atoms with Gasteiger partial charge < -0.3 is 5.32 Å². The summed E-state index contributed by atoms with van der Waals surface area (Å²) in [6.07, 6.45) is 0.834. The van der Waals surface area contributed by atoms with Crippen molar-refractivity contribution in [2.75, 3.05) is 18.4 Å². The molecule has 1 aromatic rings. The summed E-state index contributed by atoms with van der Waals surface area (Å²) in [6, 6.07) is 2.03. The second-order valence-electron chi connectivity index (χ2n) is 4.76. The Morgan fingerprint density at radius 1 is 1.63 bits per heavy atom. The average Bonchev–Trinajstić information content (AvgIpc) is 2.69. The van der Waals surface area contributed by atoms with E-state index in [1.54, 1.807) is 0 Å². The summed E-state index contributed by atoms with van der Waals surface area (Å²) < 4.78 is 0. The third kappa shape index (κ3) is 3.66. The molecule has 0 saturated heterocycles. The topological polar surface area (TPSA) is 81.1 Å². The lowest BCUT2D eigenvalue weighted by Crippen LogP contribution is -2.34. The number of rotatable bonds is 3. The molecule has 0 radical (unpaired) electrons. The Labute approximate surface area is 116 Å². The maximum absolute atomic E-state index is 11.6. The minimum atomic E-state index is -0.227. The van der Waals surface area contributed by atoms with E-state index in [1.807, 2.05) is 13.8 Å². The molecule has 2 N–H and O–H groups in total. The van der Waals surface area contributed by atoms with E-state index in [0.717, 1.165) is 30.1 Å². The number of anilines is 1. The zero-order chi connectivity index (χ0) is 13.8. The van der Waals surface area contributed by atoms with Crippen LogP contribution in [-0.2, 0) is 13.0 Å². The number of hydrogen-bond donors (Lipinski definition) is 2. The zero-order valence-corrected chi connectivity index (χ0v) is 11.9. The van der Waals surface area contributed by atoms with E-state index in [2.05, 4.69) is 26.6 Å². The highest BCUT2D eigenvalue weighted by Gasteiger charge is 2.21. The monoisotopic (exact) mass is 279 g/mol. The summed E-state index contributed by atoms with van der Waals surface area (Å²) in [7, 11) is 0. The number of amides is 2. The third-order valence-electron chi connectivity index (χ3n) is 2.74. The maximum atomic E-state index is 11.6. The third-order valence-corrected chi connectivity index (χ3v) is 3.74. The van der Waals surface area contributed by atoms with Crippen LogP contribution in [0.5, 0.6) is 0 Å². The van der Waals surface area contributed by atoms with Crippen LogP contribution in [0.25, 0.3) is 0 Å². The second-order valence-corrected chi connectivity index (χ2v) is 5.84. The summed E-state index contributed by atoms with van der Waals surface area (Å²) in [5, 5.41) is 14.8. The number of aromatic nitrogens is 1. The fraction of sp³-hybridized carbons (Fsp3) is 0.583. The smallest absolute Gasteiger partial charge is 0.321 e. The van der Waals surface area contributed by atoms with E-state index in [0.29, 0.717) is 11.7 Å². The minimum Gasteiger partial charge on any atom is -0.336 e. The molecule has 7 heteroatoms. The predicted molar refractivity (Wildman–Crippen MR) is 74.0 cm³/mol. The standard InChI is InChI=1S/C12H17N5OS/c1-8(2)14-11(18)16-12-15-9-3-5-17(6-4-13)7-10(9)19-12/h8H,3,5-7H2,1-2H3,(H2,14,15,16,18). The van der Waals surface area contributed by atoms with Gasteiger partial charge in [0.2, 0.25) is 0 Å². The largest absolute Gasteiger partial charge is 0.336 e. The zero-order valence-electron chi connectivity index (χ0n) is 11.1. The summed E-state index contributed by atoms with van der Waals surface area (Å²) in [5.41, 5.74) is 1.04. The summed E-state index contributed by atoms with van der Waals surface area (Å²) in [5.74, 6) is 0. The molecule has 0 aromatic carbocycles. The van der Waals surface area contributed by atoms with Gasteiger partial charge in [0.05, 0.1) is 18.3 Å². The van der Waals surface area contributed by atoms with Crippen molar-refractivity contribution in [2.24, 2.45) is 0 Å². The van der Waals surface area contributed by atoms with Crippen molar-refractivity contribution >= 4 is 22.5 Å². The van der Waals surface area contributed by atoms with Gasteiger partial charge in [-0.05, 0) is 13.8 Å². The second kappa shape index (κ2) is 5.99. The Hall–Kier alpha value is -1.65. The van der Waals surface area contributed by atoms with Crippen LogP contribution in [0.15, 0.2) is 0 Å². The first-order valence-corrected chi connectivity index (χ1v) is 7.05. The van der Waals surface area contributed by atoms with Gasteiger partial charge in [0.15, 0.2) is 5.13 Å². The number of fused-ring (bicyclic) bond motifs is 1. The molecule has 1 aromatic heterocycles. The van der Waals surface area contributed by atoms with Crippen LogP contribution in [0.2, 0.25) is 0 Å². The number of nitrogens with one attached hydrogen (secondary N) is 2. The number of thiazole rings is 1. The highest BCUT2D eigenvalue weighted by molar-refractivity contribution is 7.15. The van der Waals surface area contributed by atoms with Crippen molar-refractivity contribution in [3.05, 3.63) is 10.6 Å². The first kappa shape index (κ1) is 13.8. The number of urea groups is 1. The van der Waals surface area contributed by atoms with Gasteiger partial charge in [-0.2, -0.15) is 5.26 Å². The molecule has 0 unspecified atom stereocenters. The highest BCUT2D eigenvalue weighted by Crippen LogP contribution is 2.28. The number of nitriles is 1. The van der Waals surface area contributed by atoms with Crippen molar-refractivity contribution in [3.8, 4) is 6.07 Å². The lowest BCUT2D eigenvalue weighted by Gasteiger charge is -2.22. The number of carbonyl (C=O) groups is 1. The quantitative estimate of drug-likeness (QED) is 0.823. The molecule has 0 spiro atoms. The van der Waals surface area contributed by atoms with Crippen molar-refractivity contribution < 1.29 is 4.79 Å². The van der Waals surface area contributed by atoms with E-state index in [9.17, 15) is 4.79 Å². The predicted octanol–water partition coefficient (Wildman–Crippen LogP) is 1.55. The van der Waals surface area contributed by atoms with Crippen LogP contribution >= 0.6 is 11.3 Å². The van der Waals surface area contributed by atoms with Crippen LogP contribution in [0.1, 0.15) is 24.4 Å². The molecule has 2 rings (SSSR count). The molecule has 2 amide bonds. The molecule has 102 valence electrons. The fourth-order valence-electron chi connectivity index (χ4n) is 1.93. The van der Waals surface area contributed by atoms with Crippen LogP contribution in [-0.4, -0.2) is 35.0 Å². The molecule has 0 saturated carbocycles. The molecule has 6 nitrogen and oxygen atoms in total. The molecule has 1 aliphatic heterocycles. The van der Waals surface area contributed by atoms with E-state index in [1.165, 1.54) is 11.3 Å². The van der Waals surface area contributed by atoms with E-state index in [4.69, 9.17) is 5.26 Å². The molecule has 0 fully saturated rings. The van der Waals surface area contributed by atoms with E-state index >= 15 is 0 Å². The van der Waals surface area contributed by atoms with Crippen LogP contribution in [0.3, 0.4) is 0 Å². The van der Waals surface area contributed by atoms with Crippen LogP contribution in [0, 0.1) is 11.3 Å². The normalized spacial score (nSPS) is 14.8. The van der Waals surface area contributed by atoms with Gasteiger partial charge in [0.25, 0.3) is 0 Å². The molecular weight excluding hydrogens is 262 g/mol. The van der Waals surface area contributed by atoms with Gasteiger partial charge in [0.1, 0.15) is 0 Å². The minimum absolute atomic E-state index is 0.0979. The first-order valence-electron chi connectivity index (χ1n) is 6.24. The van der Waals surface area contributed by atoms with Crippen molar-refractivity contribution in [1.29, 1.82) is 5.26 Å². The Balaban J connectivity index is 1.99. The lowest BCUT2D eigenvalue weighted by atomic mass is 10.2. The fourth-order valence-corrected chi connectivity index (χ4v) is 2.98.